The summed E-state index contributed by atoms with van der Waals surface area (Å²) in [6.07, 6.45) is 0. The summed E-state index contributed by atoms with van der Waals surface area (Å²) in [4.78, 5) is 13.3. The van der Waals surface area contributed by atoms with Gasteiger partial charge in [0, 0.05) is 44.8 Å². The molecule has 19 heavy (non-hydrogen) atoms. The molecule has 2 heterocycles. The third kappa shape index (κ3) is 3.47. The van der Waals surface area contributed by atoms with Gasteiger partial charge in [-0.15, -0.1) is 0 Å². The molecule has 1 saturated heterocycles. The molecule has 6 heteroatoms. The maximum Gasteiger partial charge on any atom is 0.223 e. The number of hydrogen-bond donors (Lipinski definition) is 2. The minimum Gasteiger partial charge on any atom is -0.370 e. The van der Waals surface area contributed by atoms with Gasteiger partial charge < -0.3 is 16.0 Å². The minimum atomic E-state index is 0.333. The Morgan fingerprint density at radius 3 is 2.53 bits per heavy atom. The molecule has 0 saturated carbocycles. The van der Waals surface area contributed by atoms with Crippen molar-refractivity contribution in [3.8, 4) is 0 Å². The first-order chi connectivity index (χ1) is 9.10. The van der Waals surface area contributed by atoms with Gasteiger partial charge in [-0.1, -0.05) is 0 Å². The molecule has 0 atom stereocenters. The zero-order valence-corrected chi connectivity index (χ0v) is 12.1. The largest absolute Gasteiger partial charge is 0.370 e. The first kappa shape index (κ1) is 13.9. The molecule has 0 spiro atoms. The number of hydrogen-bond acceptors (Lipinski definition) is 6. The smallest absolute Gasteiger partial charge is 0.223 e. The standard InChI is InChI=1S/C13H24N6/c1-4-15-11-9-12(17-13(14)16-11)19-7-5-18(6-8-19)10(2)3/h9-10H,4-8H2,1-3H3,(H3,14,15,16,17). The van der Waals surface area contributed by atoms with Crippen molar-refractivity contribution < 1.29 is 0 Å². The van der Waals surface area contributed by atoms with Crippen LogP contribution in [0.25, 0.3) is 0 Å². The molecule has 0 unspecified atom stereocenters. The Morgan fingerprint density at radius 2 is 1.95 bits per heavy atom. The quantitative estimate of drug-likeness (QED) is 0.846. The highest BCUT2D eigenvalue weighted by atomic mass is 15.3. The van der Waals surface area contributed by atoms with E-state index in [0.717, 1.165) is 44.4 Å². The Balaban J connectivity index is 2.06. The molecule has 0 radical (unpaired) electrons. The molecule has 0 aromatic carbocycles. The van der Waals surface area contributed by atoms with E-state index in [1.54, 1.807) is 0 Å². The van der Waals surface area contributed by atoms with Crippen LogP contribution in [0, 0.1) is 0 Å². The van der Waals surface area contributed by atoms with Crippen LogP contribution in [-0.2, 0) is 0 Å². The SMILES string of the molecule is CCNc1cc(N2CCN(C(C)C)CC2)nc(N)n1. The topological polar surface area (TPSA) is 70.3 Å². The van der Waals surface area contributed by atoms with Crippen molar-refractivity contribution in [2.45, 2.75) is 26.8 Å². The lowest BCUT2D eigenvalue weighted by Gasteiger charge is -2.37. The fourth-order valence-electron chi connectivity index (χ4n) is 2.35. The van der Waals surface area contributed by atoms with Crippen molar-refractivity contribution in [3.63, 3.8) is 0 Å². The average Bonchev–Trinajstić information content (AvgIpc) is 2.38. The van der Waals surface area contributed by atoms with Gasteiger partial charge in [-0.25, -0.2) is 0 Å². The van der Waals surface area contributed by atoms with Crippen molar-refractivity contribution in [2.24, 2.45) is 0 Å². The molecule has 2 rings (SSSR count). The zero-order chi connectivity index (χ0) is 13.8. The second kappa shape index (κ2) is 6.06. The number of anilines is 3. The van der Waals surface area contributed by atoms with Crippen LogP contribution in [-0.4, -0.2) is 53.6 Å². The third-order valence-corrected chi connectivity index (χ3v) is 3.46. The molecule has 0 bridgehead atoms. The van der Waals surface area contributed by atoms with Crippen LogP contribution < -0.4 is 16.0 Å². The Morgan fingerprint density at radius 1 is 1.26 bits per heavy atom. The van der Waals surface area contributed by atoms with Gasteiger partial charge >= 0.3 is 0 Å². The maximum atomic E-state index is 5.77. The van der Waals surface area contributed by atoms with Crippen LogP contribution in [0.1, 0.15) is 20.8 Å². The Hall–Kier alpha value is -1.56. The number of nitrogen functional groups attached to an aromatic ring is 1. The average molecular weight is 264 g/mol. The first-order valence-corrected chi connectivity index (χ1v) is 6.97. The van der Waals surface area contributed by atoms with E-state index in [-0.39, 0.29) is 0 Å². The van der Waals surface area contributed by atoms with Crippen molar-refractivity contribution in [1.29, 1.82) is 0 Å². The van der Waals surface area contributed by atoms with Gasteiger partial charge in [0.25, 0.3) is 0 Å². The zero-order valence-electron chi connectivity index (χ0n) is 12.1. The van der Waals surface area contributed by atoms with Gasteiger partial charge in [0.1, 0.15) is 11.6 Å². The maximum absolute atomic E-state index is 5.77. The summed E-state index contributed by atoms with van der Waals surface area (Å²) < 4.78 is 0. The van der Waals surface area contributed by atoms with Crippen LogP contribution in [0.2, 0.25) is 0 Å². The predicted molar refractivity (Wildman–Crippen MR) is 79.5 cm³/mol. The molecule has 1 aliphatic rings. The molecule has 3 N–H and O–H groups in total. The van der Waals surface area contributed by atoms with E-state index < -0.39 is 0 Å². The van der Waals surface area contributed by atoms with Gasteiger partial charge in [-0.3, -0.25) is 4.90 Å². The second-order valence-electron chi connectivity index (χ2n) is 5.12. The number of nitrogens with two attached hydrogens (primary N) is 1. The molecular weight excluding hydrogens is 240 g/mol. The molecule has 0 aliphatic carbocycles. The highest BCUT2D eigenvalue weighted by Crippen LogP contribution is 2.19. The number of aromatic nitrogens is 2. The third-order valence-electron chi connectivity index (χ3n) is 3.46. The Bertz CT molecular complexity index is 412. The van der Waals surface area contributed by atoms with Gasteiger partial charge in [-0.2, -0.15) is 9.97 Å². The van der Waals surface area contributed by atoms with Crippen molar-refractivity contribution in [1.82, 2.24) is 14.9 Å². The van der Waals surface area contributed by atoms with Gasteiger partial charge in [0.15, 0.2) is 0 Å². The van der Waals surface area contributed by atoms with Crippen LogP contribution in [0.5, 0.6) is 0 Å². The van der Waals surface area contributed by atoms with Crippen LogP contribution in [0.15, 0.2) is 6.07 Å². The summed E-state index contributed by atoms with van der Waals surface area (Å²) in [6, 6.07) is 2.58. The van der Waals surface area contributed by atoms with Gasteiger partial charge in [0.2, 0.25) is 5.95 Å². The fraction of sp³-hybridized carbons (Fsp3) is 0.692. The number of nitrogens with one attached hydrogen (secondary N) is 1. The van der Waals surface area contributed by atoms with E-state index >= 15 is 0 Å². The van der Waals surface area contributed by atoms with Crippen LogP contribution in [0.3, 0.4) is 0 Å². The lowest BCUT2D eigenvalue weighted by Crippen LogP contribution is -2.49. The number of piperazine rings is 1. The monoisotopic (exact) mass is 264 g/mol. The lowest BCUT2D eigenvalue weighted by atomic mass is 10.2. The van der Waals surface area contributed by atoms with Gasteiger partial charge in [-0.05, 0) is 20.8 Å². The van der Waals surface area contributed by atoms with Crippen molar-refractivity contribution in [3.05, 3.63) is 6.07 Å². The van der Waals surface area contributed by atoms with Gasteiger partial charge in [0.05, 0.1) is 0 Å². The normalized spacial score (nSPS) is 16.9. The lowest BCUT2D eigenvalue weighted by molar-refractivity contribution is 0.209. The number of nitrogens with zero attached hydrogens (tertiary/aromatic N) is 4. The predicted octanol–water partition coefficient (Wildman–Crippen LogP) is 1.02. The minimum absolute atomic E-state index is 0.333. The van der Waals surface area contributed by atoms with E-state index in [2.05, 4.69) is 38.9 Å². The van der Waals surface area contributed by atoms with Crippen molar-refractivity contribution in [2.75, 3.05) is 48.7 Å². The Kier molecular flexibility index (Phi) is 4.42. The summed E-state index contributed by atoms with van der Waals surface area (Å²) >= 11 is 0. The molecule has 1 aromatic rings. The van der Waals surface area contributed by atoms with E-state index in [4.69, 9.17) is 5.73 Å². The van der Waals surface area contributed by atoms with Crippen LogP contribution >= 0.6 is 0 Å². The first-order valence-electron chi connectivity index (χ1n) is 6.97. The number of rotatable bonds is 4. The van der Waals surface area contributed by atoms with E-state index in [9.17, 15) is 0 Å². The van der Waals surface area contributed by atoms with E-state index in [1.807, 2.05) is 13.0 Å². The Labute approximate surface area is 115 Å². The molecule has 1 fully saturated rings. The molecule has 1 aromatic heterocycles. The fourth-order valence-corrected chi connectivity index (χ4v) is 2.35. The highest BCUT2D eigenvalue weighted by Gasteiger charge is 2.20. The molecule has 106 valence electrons. The summed E-state index contributed by atoms with van der Waals surface area (Å²) in [5.41, 5.74) is 5.77. The summed E-state index contributed by atoms with van der Waals surface area (Å²) in [6.45, 7) is 11.5. The molecule has 1 aliphatic heterocycles. The summed E-state index contributed by atoms with van der Waals surface area (Å²) in [5.74, 6) is 2.06. The summed E-state index contributed by atoms with van der Waals surface area (Å²) in [5, 5.41) is 3.19. The molecule has 6 nitrogen and oxygen atoms in total. The summed E-state index contributed by atoms with van der Waals surface area (Å²) in [7, 11) is 0. The van der Waals surface area contributed by atoms with E-state index in [1.165, 1.54) is 0 Å². The molecule has 0 amide bonds. The van der Waals surface area contributed by atoms with Crippen molar-refractivity contribution >= 4 is 17.6 Å². The highest BCUT2D eigenvalue weighted by molar-refractivity contribution is 5.52. The molecular formula is C13H24N6. The van der Waals surface area contributed by atoms with E-state index in [0.29, 0.717) is 12.0 Å². The second-order valence-corrected chi connectivity index (χ2v) is 5.12. The van der Waals surface area contributed by atoms with Crippen LogP contribution in [0.4, 0.5) is 17.6 Å².